The molecule has 0 radical (unpaired) electrons. The molecule has 0 spiro atoms. The SMILES string of the molecule is N#Cc1cccc(C(=O)/C=C/c2ccccc2F)c1. The van der Waals surface area contributed by atoms with Crippen LogP contribution in [0.1, 0.15) is 21.5 Å². The van der Waals surface area contributed by atoms with E-state index in [9.17, 15) is 9.18 Å². The first-order chi connectivity index (χ1) is 9.20. The van der Waals surface area contributed by atoms with Gasteiger partial charge in [-0.1, -0.05) is 30.3 Å². The summed E-state index contributed by atoms with van der Waals surface area (Å²) in [5, 5.41) is 8.76. The molecule has 2 aromatic carbocycles. The highest BCUT2D eigenvalue weighted by atomic mass is 19.1. The molecule has 19 heavy (non-hydrogen) atoms. The molecule has 0 atom stereocenters. The number of hydrogen-bond donors (Lipinski definition) is 0. The van der Waals surface area contributed by atoms with Crippen molar-refractivity contribution in [2.45, 2.75) is 0 Å². The fourth-order valence-corrected chi connectivity index (χ4v) is 1.61. The molecule has 0 aliphatic rings. The summed E-state index contributed by atoms with van der Waals surface area (Å²) in [7, 11) is 0. The third kappa shape index (κ3) is 3.14. The molecule has 0 saturated heterocycles. The standard InChI is InChI=1S/C16H10FNO/c17-15-7-2-1-5-13(15)8-9-16(19)14-6-3-4-12(10-14)11-18/h1-10H/b9-8+. The topological polar surface area (TPSA) is 40.9 Å². The number of hydrogen-bond acceptors (Lipinski definition) is 2. The molecule has 92 valence electrons. The first-order valence-electron chi connectivity index (χ1n) is 5.68. The number of nitriles is 1. The van der Waals surface area contributed by atoms with Crippen LogP contribution in [0.4, 0.5) is 4.39 Å². The van der Waals surface area contributed by atoms with E-state index >= 15 is 0 Å². The number of ketones is 1. The molecule has 2 rings (SSSR count). The summed E-state index contributed by atoms with van der Waals surface area (Å²) in [6, 6.07) is 14.6. The van der Waals surface area contributed by atoms with Gasteiger partial charge in [0.1, 0.15) is 5.82 Å². The van der Waals surface area contributed by atoms with E-state index in [0.717, 1.165) is 0 Å². The van der Waals surface area contributed by atoms with Crippen molar-refractivity contribution < 1.29 is 9.18 Å². The second-order valence-corrected chi connectivity index (χ2v) is 3.91. The minimum Gasteiger partial charge on any atom is -0.289 e. The van der Waals surface area contributed by atoms with E-state index in [1.807, 2.05) is 6.07 Å². The molecule has 0 fully saturated rings. The van der Waals surface area contributed by atoms with Gasteiger partial charge in [-0.05, 0) is 30.4 Å². The van der Waals surface area contributed by atoms with Crippen molar-refractivity contribution >= 4 is 11.9 Å². The van der Waals surface area contributed by atoms with Gasteiger partial charge in [0.25, 0.3) is 0 Å². The predicted octanol–water partition coefficient (Wildman–Crippen LogP) is 3.59. The van der Waals surface area contributed by atoms with Crippen LogP contribution >= 0.6 is 0 Å². The average molecular weight is 251 g/mol. The van der Waals surface area contributed by atoms with Crippen molar-refractivity contribution in [2.24, 2.45) is 0 Å². The molecule has 0 N–H and O–H groups in total. The largest absolute Gasteiger partial charge is 0.289 e. The summed E-state index contributed by atoms with van der Waals surface area (Å²) in [6.45, 7) is 0. The molecule has 0 aliphatic heterocycles. The Hall–Kier alpha value is -2.73. The molecular weight excluding hydrogens is 241 g/mol. The smallest absolute Gasteiger partial charge is 0.185 e. The third-order valence-corrected chi connectivity index (χ3v) is 2.60. The van der Waals surface area contributed by atoms with E-state index in [-0.39, 0.29) is 11.6 Å². The Morgan fingerprint density at radius 1 is 1.16 bits per heavy atom. The van der Waals surface area contributed by atoms with E-state index in [2.05, 4.69) is 0 Å². The van der Waals surface area contributed by atoms with Crippen molar-refractivity contribution in [3.05, 3.63) is 77.1 Å². The zero-order valence-corrected chi connectivity index (χ0v) is 10.0. The number of benzene rings is 2. The van der Waals surface area contributed by atoms with Crippen molar-refractivity contribution in [3.63, 3.8) is 0 Å². The van der Waals surface area contributed by atoms with Gasteiger partial charge in [-0.15, -0.1) is 0 Å². The maximum atomic E-state index is 13.4. The predicted molar refractivity (Wildman–Crippen MR) is 70.9 cm³/mol. The van der Waals surface area contributed by atoms with Crippen LogP contribution in [-0.4, -0.2) is 5.78 Å². The average Bonchev–Trinajstić information content (AvgIpc) is 2.46. The Kier molecular flexibility index (Phi) is 3.84. The van der Waals surface area contributed by atoms with Crippen molar-refractivity contribution in [2.75, 3.05) is 0 Å². The molecular formula is C16H10FNO. The molecule has 3 heteroatoms. The monoisotopic (exact) mass is 251 g/mol. The Balaban J connectivity index is 2.22. The third-order valence-electron chi connectivity index (χ3n) is 2.60. The van der Waals surface area contributed by atoms with Gasteiger partial charge in [-0.2, -0.15) is 5.26 Å². The lowest BCUT2D eigenvalue weighted by molar-refractivity contribution is 0.104. The molecule has 0 aromatic heterocycles. The zero-order chi connectivity index (χ0) is 13.7. The summed E-state index contributed by atoms with van der Waals surface area (Å²) >= 11 is 0. The quantitative estimate of drug-likeness (QED) is 0.617. The van der Waals surface area contributed by atoms with E-state index in [1.54, 1.807) is 36.4 Å². The number of carbonyl (C=O) groups excluding carboxylic acids is 1. The van der Waals surface area contributed by atoms with Gasteiger partial charge in [0.2, 0.25) is 0 Å². The highest BCUT2D eigenvalue weighted by Gasteiger charge is 2.03. The summed E-state index contributed by atoms with van der Waals surface area (Å²) in [4.78, 5) is 11.9. The zero-order valence-electron chi connectivity index (χ0n) is 10.0. The van der Waals surface area contributed by atoms with Gasteiger partial charge in [0.05, 0.1) is 11.6 Å². The van der Waals surface area contributed by atoms with Gasteiger partial charge in [0, 0.05) is 11.1 Å². The van der Waals surface area contributed by atoms with Crippen molar-refractivity contribution in [1.29, 1.82) is 5.26 Å². The Labute approximate surface area is 110 Å². The number of nitrogens with zero attached hydrogens (tertiary/aromatic N) is 1. The van der Waals surface area contributed by atoms with Gasteiger partial charge < -0.3 is 0 Å². The van der Waals surface area contributed by atoms with E-state index < -0.39 is 0 Å². The molecule has 2 nitrogen and oxygen atoms in total. The maximum Gasteiger partial charge on any atom is 0.185 e. The van der Waals surface area contributed by atoms with Gasteiger partial charge >= 0.3 is 0 Å². The van der Waals surface area contributed by atoms with Crippen LogP contribution < -0.4 is 0 Å². The Morgan fingerprint density at radius 3 is 2.68 bits per heavy atom. The Morgan fingerprint density at radius 2 is 1.95 bits per heavy atom. The van der Waals surface area contributed by atoms with Crippen LogP contribution in [0.5, 0.6) is 0 Å². The normalized spacial score (nSPS) is 10.3. The molecule has 0 amide bonds. The van der Waals surface area contributed by atoms with Crippen LogP contribution in [0.25, 0.3) is 6.08 Å². The fourth-order valence-electron chi connectivity index (χ4n) is 1.61. The van der Waals surface area contributed by atoms with Crippen LogP contribution in [0.3, 0.4) is 0 Å². The minimum atomic E-state index is -0.377. The summed E-state index contributed by atoms with van der Waals surface area (Å²) < 4.78 is 13.4. The highest BCUT2D eigenvalue weighted by molar-refractivity contribution is 6.07. The summed E-state index contributed by atoms with van der Waals surface area (Å²) in [5.74, 6) is -0.641. The van der Waals surface area contributed by atoms with E-state index in [1.165, 1.54) is 24.3 Å². The second kappa shape index (κ2) is 5.74. The summed E-state index contributed by atoms with van der Waals surface area (Å²) in [6.07, 6.45) is 2.73. The Bertz CT molecular complexity index is 683. The molecule has 0 unspecified atom stereocenters. The lowest BCUT2D eigenvalue weighted by atomic mass is 10.1. The number of allylic oxidation sites excluding steroid dienone is 1. The van der Waals surface area contributed by atoms with Gasteiger partial charge in [-0.3, -0.25) is 4.79 Å². The summed E-state index contributed by atoms with van der Waals surface area (Å²) in [5.41, 5.74) is 1.18. The number of carbonyl (C=O) groups is 1. The molecule has 0 heterocycles. The first-order valence-corrected chi connectivity index (χ1v) is 5.68. The lowest BCUT2D eigenvalue weighted by Gasteiger charge is -1.97. The van der Waals surface area contributed by atoms with Crippen LogP contribution in [-0.2, 0) is 0 Å². The number of rotatable bonds is 3. The van der Waals surface area contributed by atoms with Gasteiger partial charge in [-0.25, -0.2) is 4.39 Å². The first kappa shape index (κ1) is 12.7. The molecule has 0 bridgehead atoms. The lowest BCUT2D eigenvalue weighted by Crippen LogP contribution is -1.94. The van der Waals surface area contributed by atoms with Crippen molar-refractivity contribution in [3.8, 4) is 6.07 Å². The molecule has 2 aromatic rings. The minimum absolute atomic E-state index is 0.264. The highest BCUT2D eigenvalue weighted by Crippen LogP contribution is 2.10. The second-order valence-electron chi connectivity index (χ2n) is 3.91. The maximum absolute atomic E-state index is 13.4. The van der Waals surface area contributed by atoms with Crippen LogP contribution in [0.15, 0.2) is 54.6 Å². The molecule has 0 saturated carbocycles. The fraction of sp³-hybridized carbons (Fsp3) is 0. The van der Waals surface area contributed by atoms with Crippen LogP contribution in [0.2, 0.25) is 0 Å². The molecule has 0 aliphatic carbocycles. The van der Waals surface area contributed by atoms with Gasteiger partial charge in [0.15, 0.2) is 5.78 Å². The number of halogens is 1. The van der Waals surface area contributed by atoms with E-state index in [4.69, 9.17) is 5.26 Å². The van der Waals surface area contributed by atoms with Crippen LogP contribution in [0, 0.1) is 17.1 Å². The van der Waals surface area contributed by atoms with E-state index in [0.29, 0.717) is 16.7 Å². The van der Waals surface area contributed by atoms with Crippen molar-refractivity contribution in [1.82, 2.24) is 0 Å².